The van der Waals surface area contributed by atoms with E-state index in [4.69, 9.17) is 9.47 Å². The first-order valence-corrected chi connectivity index (χ1v) is 6.65. The van der Waals surface area contributed by atoms with E-state index in [2.05, 4.69) is 10.9 Å². The molecule has 0 aromatic heterocycles. The Morgan fingerprint density at radius 1 is 1.15 bits per heavy atom. The van der Waals surface area contributed by atoms with Crippen molar-refractivity contribution in [3.05, 3.63) is 23.8 Å². The monoisotopic (exact) mass is 276 g/mol. The number of nitrogens with one attached hydrogen (secondary N) is 2. The summed E-state index contributed by atoms with van der Waals surface area (Å²) in [4.78, 5) is 23.6. The summed E-state index contributed by atoms with van der Waals surface area (Å²) in [6.07, 6.45) is 0.881. The van der Waals surface area contributed by atoms with E-state index in [9.17, 15) is 9.59 Å². The van der Waals surface area contributed by atoms with Gasteiger partial charge in [0.15, 0.2) is 11.5 Å². The second-order valence-electron chi connectivity index (χ2n) is 5.12. The summed E-state index contributed by atoms with van der Waals surface area (Å²) >= 11 is 0. The Labute approximate surface area is 116 Å². The molecule has 2 amide bonds. The Morgan fingerprint density at radius 3 is 2.55 bits per heavy atom. The van der Waals surface area contributed by atoms with Crippen LogP contribution in [0, 0.1) is 11.8 Å². The number of carbonyl (C=O) groups excluding carboxylic acids is 2. The molecule has 0 bridgehead atoms. The molecule has 106 valence electrons. The molecule has 1 saturated carbocycles. The molecule has 1 heterocycles. The molecule has 20 heavy (non-hydrogen) atoms. The van der Waals surface area contributed by atoms with Gasteiger partial charge in [0.2, 0.25) is 5.91 Å². The van der Waals surface area contributed by atoms with Gasteiger partial charge in [-0.25, -0.2) is 0 Å². The first kappa shape index (κ1) is 12.8. The van der Waals surface area contributed by atoms with Crippen LogP contribution in [0.2, 0.25) is 0 Å². The summed E-state index contributed by atoms with van der Waals surface area (Å²) < 4.78 is 10.8. The molecule has 0 spiro atoms. The van der Waals surface area contributed by atoms with Crippen molar-refractivity contribution >= 4 is 11.8 Å². The summed E-state index contributed by atoms with van der Waals surface area (Å²) in [6, 6.07) is 4.93. The van der Waals surface area contributed by atoms with E-state index >= 15 is 0 Å². The lowest BCUT2D eigenvalue weighted by molar-refractivity contribution is -0.123. The predicted octanol–water partition coefficient (Wildman–Crippen LogP) is 0.875. The SMILES string of the molecule is CC1CC1C(=O)NNC(=O)c1ccc2c(c1)OCCO2. The molecular weight excluding hydrogens is 260 g/mol. The number of hydrazine groups is 1. The van der Waals surface area contributed by atoms with Gasteiger partial charge in [0, 0.05) is 11.5 Å². The topological polar surface area (TPSA) is 76.7 Å². The van der Waals surface area contributed by atoms with E-state index in [0.29, 0.717) is 36.2 Å². The number of rotatable bonds is 2. The van der Waals surface area contributed by atoms with Crippen molar-refractivity contribution in [2.24, 2.45) is 11.8 Å². The minimum atomic E-state index is -0.372. The largest absolute Gasteiger partial charge is 0.486 e. The van der Waals surface area contributed by atoms with Crippen molar-refractivity contribution in [1.29, 1.82) is 0 Å². The minimum Gasteiger partial charge on any atom is -0.486 e. The fraction of sp³-hybridized carbons (Fsp3) is 0.429. The Morgan fingerprint density at radius 2 is 1.85 bits per heavy atom. The average molecular weight is 276 g/mol. The highest BCUT2D eigenvalue weighted by Crippen LogP contribution is 2.37. The number of benzene rings is 1. The van der Waals surface area contributed by atoms with Gasteiger partial charge in [-0.1, -0.05) is 6.92 Å². The van der Waals surface area contributed by atoms with Gasteiger partial charge in [0.25, 0.3) is 5.91 Å². The van der Waals surface area contributed by atoms with E-state index in [-0.39, 0.29) is 17.7 Å². The first-order valence-electron chi connectivity index (χ1n) is 6.65. The van der Waals surface area contributed by atoms with Gasteiger partial charge in [-0.3, -0.25) is 20.4 Å². The van der Waals surface area contributed by atoms with Crippen LogP contribution in [0.4, 0.5) is 0 Å². The van der Waals surface area contributed by atoms with Crippen molar-refractivity contribution in [3.63, 3.8) is 0 Å². The quantitative estimate of drug-likeness (QED) is 0.786. The maximum atomic E-state index is 11.9. The van der Waals surface area contributed by atoms with Crippen LogP contribution in [0.5, 0.6) is 11.5 Å². The molecule has 2 aliphatic rings. The zero-order chi connectivity index (χ0) is 14.1. The standard InChI is InChI=1S/C14H16N2O4/c1-8-6-10(8)14(18)16-15-13(17)9-2-3-11-12(7-9)20-5-4-19-11/h2-3,7-8,10H,4-6H2,1H3,(H,15,17)(H,16,18). The number of fused-ring (bicyclic) bond motifs is 1. The summed E-state index contributed by atoms with van der Waals surface area (Å²) in [7, 11) is 0. The van der Waals surface area contributed by atoms with E-state index in [1.807, 2.05) is 6.92 Å². The number of hydrogen-bond acceptors (Lipinski definition) is 4. The Balaban J connectivity index is 1.60. The van der Waals surface area contributed by atoms with E-state index in [1.54, 1.807) is 18.2 Å². The molecule has 2 unspecified atom stereocenters. The lowest BCUT2D eigenvalue weighted by atomic mass is 10.2. The highest BCUT2D eigenvalue weighted by molar-refractivity contribution is 5.96. The van der Waals surface area contributed by atoms with Gasteiger partial charge in [0.1, 0.15) is 13.2 Å². The molecule has 3 rings (SSSR count). The molecule has 1 aliphatic carbocycles. The van der Waals surface area contributed by atoms with E-state index in [0.717, 1.165) is 6.42 Å². The van der Waals surface area contributed by atoms with Crippen LogP contribution in [-0.4, -0.2) is 25.0 Å². The maximum absolute atomic E-state index is 11.9. The number of ether oxygens (including phenoxy) is 2. The summed E-state index contributed by atoms with van der Waals surface area (Å²) in [5, 5.41) is 0. The smallest absolute Gasteiger partial charge is 0.269 e. The minimum absolute atomic E-state index is 0.0237. The lowest BCUT2D eigenvalue weighted by Crippen LogP contribution is -2.42. The molecule has 1 aromatic carbocycles. The van der Waals surface area contributed by atoms with Gasteiger partial charge in [-0.15, -0.1) is 0 Å². The van der Waals surface area contributed by atoms with Gasteiger partial charge < -0.3 is 9.47 Å². The van der Waals surface area contributed by atoms with Crippen LogP contribution in [-0.2, 0) is 4.79 Å². The maximum Gasteiger partial charge on any atom is 0.269 e. The molecule has 1 fully saturated rings. The van der Waals surface area contributed by atoms with Crippen LogP contribution in [0.3, 0.4) is 0 Å². The van der Waals surface area contributed by atoms with Gasteiger partial charge in [0.05, 0.1) is 0 Å². The Bertz CT molecular complexity index is 558. The predicted molar refractivity (Wildman–Crippen MR) is 70.3 cm³/mol. The van der Waals surface area contributed by atoms with Crippen molar-refractivity contribution < 1.29 is 19.1 Å². The molecule has 2 N–H and O–H groups in total. The number of hydrogen-bond donors (Lipinski definition) is 2. The highest BCUT2D eigenvalue weighted by Gasteiger charge is 2.39. The molecule has 1 aliphatic heterocycles. The third kappa shape index (κ3) is 2.54. The van der Waals surface area contributed by atoms with Crippen LogP contribution >= 0.6 is 0 Å². The first-order chi connectivity index (χ1) is 9.65. The average Bonchev–Trinajstić information content (AvgIpc) is 3.21. The normalized spacial score (nSPS) is 22.9. The van der Waals surface area contributed by atoms with Crippen molar-refractivity contribution in [2.45, 2.75) is 13.3 Å². The third-order valence-corrected chi connectivity index (χ3v) is 3.55. The van der Waals surface area contributed by atoms with Crippen LogP contribution in [0.1, 0.15) is 23.7 Å². The fourth-order valence-electron chi connectivity index (χ4n) is 2.16. The summed E-state index contributed by atoms with van der Waals surface area (Å²) in [5.74, 6) is 1.10. The summed E-state index contributed by atoms with van der Waals surface area (Å²) in [5.41, 5.74) is 5.27. The molecule has 6 heteroatoms. The van der Waals surface area contributed by atoms with Gasteiger partial charge >= 0.3 is 0 Å². The van der Waals surface area contributed by atoms with Gasteiger partial charge in [-0.2, -0.15) is 0 Å². The van der Waals surface area contributed by atoms with E-state index in [1.165, 1.54) is 0 Å². The molecule has 6 nitrogen and oxygen atoms in total. The zero-order valence-electron chi connectivity index (χ0n) is 11.1. The highest BCUT2D eigenvalue weighted by atomic mass is 16.6. The number of carbonyl (C=O) groups is 2. The lowest BCUT2D eigenvalue weighted by Gasteiger charge is -2.18. The fourth-order valence-corrected chi connectivity index (χ4v) is 2.16. The van der Waals surface area contributed by atoms with Crippen molar-refractivity contribution in [3.8, 4) is 11.5 Å². The zero-order valence-corrected chi connectivity index (χ0v) is 11.1. The van der Waals surface area contributed by atoms with E-state index < -0.39 is 0 Å². The van der Waals surface area contributed by atoms with Crippen LogP contribution < -0.4 is 20.3 Å². The second kappa shape index (κ2) is 5.03. The molecule has 0 radical (unpaired) electrons. The van der Waals surface area contributed by atoms with Gasteiger partial charge in [-0.05, 0) is 30.5 Å². The second-order valence-corrected chi connectivity index (χ2v) is 5.12. The van der Waals surface area contributed by atoms with Crippen molar-refractivity contribution in [1.82, 2.24) is 10.9 Å². The molecule has 0 saturated heterocycles. The third-order valence-electron chi connectivity index (χ3n) is 3.55. The Hall–Kier alpha value is -2.24. The Kier molecular flexibility index (Phi) is 3.22. The van der Waals surface area contributed by atoms with Crippen LogP contribution in [0.15, 0.2) is 18.2 Å². The molecular formula is C14H16N2O4. The number of amides is 2. The molecule has 1 aromatic rings. The molecule has 2 atom stereocenters. The van der Waals surface area contributed by atoms with Crippen molar-refractivity contribution in [2.75, 3.05) is 13.2 Å². The van der Waals surface area contributed by atoms with Crippen LogP contribution in [0.25, 0.3) is 0 Å². The summed E-state index contributed by atoms with van der Waals surface area (Å²) in [6.45, 7) is 2.98.